The number of rotatable bonds is 18. The molecule has 0 aliphatic carbocycles. The van der Waals surface area contributed by atoms with E-state index in [2.05, 4.69) is 25.9 Å². The Morgan fingerprint density at radius 2 is 1.39 bits per heavy atom. The van der Waals surface area contributed by atoms with Crippen LogP contribution < -0.4 is 33.2 Å². The SMILES string of the molecule is NC(N)=NCCCC(N)C(=O)NC(Cc1ccccc1)C(=O)NC(Cc1c[nH]c2ccccc12)C(=O)NC(CCC(=O)O)C(=O)O. The number of carboxylic acids is 2. The van der Waals surface area contributed by atoms with Crippen molar-refractivity contribution in [2.24, 2.45) is 22.2 Å². The van der Waals surface area contributed by atoms with Gasteiger partial charge in [-0.25, -0.2) is 4.79 Å². The monoisotopic (exact) mass is 636 g/mol. The number of benzene rings is 2. The lowest BCUT2D eigenvalue weighted by Crippen LogP contribution is -2.58. The molecular formula is C31H40N8O7. The van der Waals surface area contributed by atoms with Crippen LogP contribution in [0.25, 0.3) is 10.9 Å². The number of carbonyl (C=O) groups is 5. The van der Waals surface area contributed by atoms with Crippen molar-refractivity contribution in [1.82, 2.24) is 20.9 Å². The second-order valence-corrected chi connectivity index (χ2v) is 10.8. The lowest BCUT2D eigenvalue weighted by Gasteiger charge is -2.25. The highest BCUT2D eigenvalue weighted by Gasteiger charge is 2.31. The first-order chi connectivity index (χ1) is 21.9. The molecule has 4 atom stereocenters. The molecule has 0 saturated carbocycles. The molecule has 0 aliphatic heterocycles. The Labute approximate surface area is 265 Å². The maximum atomic E-state index is 13.8. The molecule has 12 N–H and O–H groups in total. The van der Waals surface area contributed by atoms with Gasteiger partial charge in [0.1, 0.15) is 18.1 Å². The van der Waals surface area contributed by atoms with Crippen LogP contribution in [-0.4, -0.2) is 81.5 Å². The first kappa shape index (κ1) is 35.0. The van der Waals surface area contributed by atoms with Gasteiger partial charge in [-0.3, -0.25) is 24.2 Å². The molecule has 1 aromatic heterocycles. The molecule has 15 heteroatoms. The number of hydrogen-bond acceptors (Lipinski definition) is 7. The predicted octanol–water partition coefficient (Wildman–Crippen LogP) is -0.262. The van der Waals surface area contributed by atoms with E-state index >= 15 is 0 Å². The molecule has 0 fully saturated rings. The van der Waals surface area contributed by atoms with Gasteiger partial charge in [0, 0.05) is 42.9 Å². The van der Waals surface area contributed by atoms with E-state index in [1.165, 1.54) is 0 Å². The molecule has 15 nitrogen and oxygen atoms in total. The van der Waals surface area contributed by atoms with Crippen molar-refractivity contribution in [3.05, 3.63) is 71.9 Å². The lowest BCUT2D eigenvalue weighted by molar-refractivity contribution is -0.143. The molecule has 0 saturated heterocycles. The van der Waals surface area contributed by atoms with Gasteiger partial charge in [0.2, 0.25) is 17.7 Å². The average Bonchev–Trinajstić information content (AvgIpc) is 3.43. The van der Waals surface area contributed by atoms with Gasteiger partial charge in [-0.2, -0.15) is 0 Å². The van der Waals surface area contributed by atoms with Crippen LogP contribution in [0.2, 0.25) is 0 Å². The minimum absolute atomic E-state index is 0.0385. The molecule has 1 heterocycles. The fourth-order valence-corrected chi connectivity index (χ4v) is 4.79. The van der Waals surface area contributed by atoms with Gasteiger partial charge in [-0.15, -0.1) is 0 Å². The maximum absolute atomic E-state index is 13.8. The zero-order valence-corrected chi connectivity index (χ0v) is 25.1. The van der Waals surface area contributed by atoms with Crippen LogP contribution in [0.3, 0.4) is 0 Å². The molecule has 246 valence electrons. The predicted molar refractivity (Wildman–Crippen MR) is 170 cm³/mol. The summed E-state index contributed by atoms with van der Waals surface area (Å²) < 4.78 is 0. The summed E-state index contributed by atoms with van der Waals surface area (Å²) in [4.78, 5) is 70.2. The average molecular weight is 637 g/mol. The van der Waals surface area contributed by atoms with E-state index in [9.17, 15) is 29.1 Å². The summed E-state index contributed by atoms with van der Waals surface area (Å²) in [6.07, 6.45) is 1.51. The number of nitrogens with two attached hydrogens (primary N) is 3. The van der Waals surface area contributed by atoms with Crippen LogP contribution in [0.4, 0.5) is 0 Å². The molecule has 0 radical (unpaired) electrons. The summed E-state index contributed by atoms with van der Waals surface area (Å²) in [6.45, 7) is 0.270. The van der Waals surface area contributed by atoms with Crippen molar-refractivity contribution < 1.29 is 34.2 Å². The first-order valence-corrected chi connectivity index (χ1v) is 14.7. The summed E-state index contributed by atoms with van der Waals surface area (Å²) in [5, 5.41) is 27.2. The Morgan fingerprint density at radius 3 is 2.04 bits per heavy atom. The number of carbonyl (C=O) groups excluding carboxylic acids is 3. The zero-order valence-electron chi connectivity index (χ0n) is 25.1. The van der Waals surface area contributed by atoms with Crippen molar-refractivity contribution >= 4 is 46.5 Å². The van der Waals surface area contributed by atoms with E-state index in [1.54, 1.807) is 36.5 Å². The third-order valence-electron chi connectivity index (χ3n) is 7.21. The van der Waals surface area contributed by atoms with Crippen LogP contribution in [0.1, 0.15) is 36.8 Å². The van der Waals surface area contributed by atoms with Gasteiger partial charge in [-0.05, 0) is 36.5 Å². The fraction of sp³-hybridized carbons (Fsp3) is 0.355. The molecule has 0 spiro atoms. The molecule has 3 aromatic rings. The molecule has 0 aliphatic rings. The zero-order chi connectivity index (χ0) is 33.6. The van der Waals surface area contributed by atoms with E-state index in [0.29, 0.717) is 12.0 Å². The molecule has 3 amide bonds. The number of hydrogen-bond donors (Lipinski definition) is 9. The molecule has 2 aromatic carbocycles. The van der Waals surface area contributed by atoms with Gasteiger partial charge in [0.15, 0.2) is 5.96 Å². The number of fused-ring (bicyclic) bond motifs is 1. The Morgan fingerprint density at radius 1 is 0.783 bits per heavy atom. The molecular weight excluding hydrogens is 596 g/mol. The highest BCUT2D eigenvalue weighted by molar-refractivity contribution is 5.95. The van der Waals surface area contributed by atoms with Gasteiger partial charge >= 0.3 is 11.9 Å². The minimum atomic E-state index is -1.51. The topological polar surface area (TPSA) is 268 Å². The highest BCUT2D eigenvalue weighted by atomic mass is 16.4. The van der Waals surface area contributed by atoms with Crippen molar-refractivity contribution in [1.29, 1.82) is 0 Å². The smallest absolute Gasteiger partial charge is 0.326 e. The number of para-hydroxylation sites is 1. The summed E-state index contributed by atoms with van der Waals surface area (Å²) in [5.41, 5.74) is 18.9. The molecule has 0 bridgehead atoms. The maximum Gasteiger partial charge on any atom is 0.326 e. The minimum Gasteiger partial charge on any atom is -0.481 e. The normalized spacial score (nSPS) is 13.5. The summed E-state index contributed by atoms with van der Waals surface area (Å²) in [5.74, 6) is -4.87. The van der Waals surface area contributed by atoms with E-state index in [4.69, 9.17) is 22.3 Å². The number of aliphatic imine (C=N–C) groups is 1. The lowest BCUT2D eigenvalue weighted by atomic mass is 10.0. The van der Waals surface area contributed by atoms with E-state index in [-0.39, 0.29) is 38.2 Å². The van der Waals surface area contributed by atoms with Crippen LogP contribution in [0, 0.1) is 0 Å². The number of nitrogens with one attached hydrogen (secondary N) is 4. The summed E-state index contributed by atoms with van der Waals surface area (Å²) >= 11 is 0. The van der Waals surface area contributed by atoms with E-state index in [1.807, 2.05) is 24.3 Å². The number of amides is 3. The molecule has 46 heavy (non-hydrogen) atoms. The second-order valence-electron chi connectivity index (χ2n) is 10.8. The van der Waals surface area contributed by atoms with Gasteiger partial charge in [-0.1, -0.05) is 48.5 Å². The van der Waals surface area contributed by atoms with Crippen LogP contribution >= 0.6 is 0 Å². The van der Waals surface area contributed by atoms with Crippen molar-refractivity contribution in [2.45, 2.75) is 62.7 Å². The van der Waals surface area contributed by atoms with Crippen molar-refractivity contribution in [3.8, 4) is 0 Å². The van der Waals surface area contributed by atoms with Gasteiger partial charge in [0.25, 0.3) is 0 Å². The second kappa shape index (κ2) is 17.2. The third-order valence-corrected chi connectivity index (χ3v) is 7.21. The van der Waals surface area contributed by atoms with Crippen molar-refractivity contribution in [2.75, 3.05) is 6.54 Å². The Bertz CT molecular complexity index is 1540. The number of aliphatic carboxylic acids is 2. The quantitative estimate of drug-likeness (QED) is 0.0501. The Hall–Kier alpha value is -5.44. The number of carboxylic acid groups (broad SMARTS) is 2. The third kappa shape index (κ3) is 10.9. The van der Waals surface area contributed by atoms with Crippen LogP contribution in [0.15, 0.2) is 65.8 Å². The molecule has 3 rings (SSSR count). The summed E-state index contributed by atoms with van der Waals surface area (Å²) in [6, 6.07) is 11.3. The highest BCUT2D eigenvalue weighted by Crippen LogP contribution is 2.19. The Balaban J connectivity index is 1.85. The standard InChI is InChI=1S/C31H40N8O7/c32-21(10-6-14-35-31(33)34)27(42)38-24(15-18-7-2-1-3-8-18)28(43)39-25(16-19-17-36-22-11-5-4-9-20(19)22)29(44)37-23(30(45)46)12-13-26(40)41/h1-5,7-9,11,17,21,23-25,36H,6,10,12-16,32H2,(H,37,44)(H,38,42)(H,39,43)(H,40,41)(H,45,46)(H4,33,34,35). The number of guanidine groups is 1. The van der Waals surface area contributed by atoms with E-state index in [0.717, 1.165) is 16.5 Å². The number of aromatic amines is 1. The largest absolute Gasteiger partial charge is 0.481 e. The fourth-order valence-electron chi connectivity index (χ4n) is 4.79. The van der Waals surface area contributed by atoms with Crippen LogP contribution in [-0.2, 0) is 36.8 Å². The van der Waals surface area contributed by atoms with Gasteiger partial charge in [0.05, 0.1) is 6.04 Å². The Kier molecular flexibility index (Phi) is 13.1. The van der Waals surface area contributed by atoms with Crippen LogP contribution in [0.5, 0.6) is 0 Å². The van der Waals surface area contributed by atoms with Gasteiger partial charge < -0.3 is 48.3 Å². The molecule has 4 unspecified atom stereocenters. The number of aromatic nitrogens is 1. The van der Waals surface area contributed by atoms with E-state index < -0.39 is 60.2 Å². The first-order valence-electron chi connectivity index (χ1n) is 14.7. The van der Waals surface area contributed by atoms with Crippen molar-refractivity contribution in [3.63, 3.8) is 0 Å². The number of H-pyrrole nitrogens is 1. The number of nitrogens with zero attached hydrogens (tertiary/aromatic N) is 1. The summed E-state index contributed by atoms with van der Waals surface area (Å²) in [7, 11) is 0.